The smallest absolute Gasteiger partial charge is 0.263 e. The van der Waals surface area contributed by atoms with Crippen LogP contribution in [0.5, 0.6) is 0 Å². The van der Waals surface area contributed by atoms with Gasteiger partial charge >= 0.3 is 0 Å². The molecule has 3 aromatic rings. The van der Waals surface area contributed by atoms with E-state index < -0.39 is 0 Å². The van der Waals surface area contributed by atoms with Crippen LogP contribution in [-0.2, 0) is 6.54 Å². The van der Waals surface area contributed by atoms with Gasteiger partial charge in [0.05, 0.1) is 11.5 Å². The Labute approximate surface area is 158 Å². The van der Waals surface area contributed by atoms with E-state index in [0.717, 1.165) is 21.7 Å². The van der Waals surface area contributed by atoms with Crippen molar-refractivity contribution in [2.24, 2.45) is 0 Å². The number of nitrogens with zero attached hydrogens (tertiary/aromatic N) is 3. The minimum absolute atomic E-state index is 0.0236. The van der Waals surface area contributed by atoms with E-state index in [9.17, 15) is 4.79 Å². The highest BCUT2D eigenvalue weighted by Crippen LogP contribution is 2.35. The molecule has 7 heteroatoms. The van der Waals surface area contributed by atoms with Gasteiger partial charge < -0.3 is 0 Å². The molecule has 3 aromatic heterocycles. The number of thioether (sulfide) groups is 1. The van der Waals surface area contributed by atoms with Gasteiger partial charge in [0.1, 0.15) is 4.83 Å². The summed E-state index contributed by atoms with van der Waals surface area (Å²) in [7, 11) is 0. The molecule has 128 valence electrons. The lowest BCUT2D eigenvalue weighted by Crippen LogP contribution is -2.23. The van der Waals surface area contributed by atoms with Crippen LogP contribution in [0.1, 0.15) is 19.8 Å². The molecule has 0 N–H and O–H groups in total. The molecule has 4 nitrogen and oxygen atoms in total. The number of fused-ring (bicyclic) bond motifs is 1. The molecule has 3 heterocycles. The van der Waals surface area contributed by atoms with Crippen molar-refractivity contribution in [2.45, 2.75) is 36.7 Å². The summed E-state index contributed by atoms with van der Waals surface area (Å²) in [5, 5.41) is 14.4. The Morgan fingerprint density at radius 2 is 2.36 bits per heavy atom. The van der Waals surface area contributed by atoms with E-state index in [1.54, 1.807) is 33.7 Å². The van der Waals surface area contributed by atoms with E-state index in [1.165, 1.54) is 11.3 Å². The van der Waals surface area contributed by atoms with Crippen molar-refractivity contribution < 1.29 is 0 Å². The van der Waals surface area contributed by atoms with Gasteiger partial charge in [-0.05, 0) is 17.9 Å². The van der Waals surface area contributed by atoms with Crippen molar-refractivity contribution >= 4 is 44.7 Å². The van der Waals surface area contributed by atoms with Gasteiger partial charge in [-0.25, -0.2) is 4.98 Å². The Balaban J connectivity index is 2.10. The predicted molar refractivity (Wildman–Crippen MR) is 108 cm³/mol. The largest absolute Gasteiger partial charge is 0.283 e. The van der Waals surface area contributed by atoms with Gasteiger partial charge in [-0.3, -0.25) is 9.36 Å². The Bertz CT molecular complexity index is 980. The van der Waals surface area contributed by atoms with Gasteiger partial charge in [-0.1, -0.05) is 30.8 Å². The second-order valence-electron chi connectivity index (χ2n) is 5.53. The van der Waals surface area contributed by atoms with E-state index in [2.05, 4.69) is 19.6 Å². The number of hydrogen-bond donors (Lipinski definition) is 0. The summed E-state index contributed by atoms with van der Waals surface area (Å²) in [6, 6.07) is 6.18. The fourth-order valence-electron chi connectivity index (χ4n) is 2.51. The zero-order valence-electron chi connectivity index (χ0n) is 13.8. The molecule has 0 radical (unpaired) electrons. The third kappa shape index (κ3) is 3.71. The molecule has 0 saturated heterocycles. The zero-order chi connectivity index (χ0) is 17.8. The van der Waals surface area contributed by atoms with E-state index in [4.69, 9.17) is 10.2 Å². The molecule has 0 unspecified atom stereocenters. The van der Waals surface area contributed by atoms with Crippen LogP contribution in [0.3, 0.4) is 0 Å². The maximum absolute atomic E-state index is 13.1. The minimum atomic E-state index is -0.0236. The lowest BCUT2D eigenvalue weighted by atomic mass is 10.2. The molecule has 0 bridgehead atoms. The quantitative estimate of drug-likeness (QED) is 0.319. The number of thiophene rings is 2. The molecule has 0 aliphatic heterocycles. The molecule has 0 saturated carbocycles. The Morgan fingerprint density at radius 3 is 3.04 bits per heavy atom. The highest BCUT2D eigenvalue weighted by Gasteiger charge is 2.18. The van der Waals surface area contributed by atoms with Crippen LogP contribution in [-0.4, -0.2) is 14.8 Å². The van der Waals surface area contributed by atoms with E-state index in [-0.39, 0.29) is 10.8 Å². The second-order valence-corrected chi connectivity index (χ2v) is 8.74. The fourth-order valence-corrected chi connectivity index (χ4v) is 5.34. The summed E-state index contributed by atoms with van der Waals surface area (Å²) in [6.07, 6.45) is 2.99. The fraction of sp³-hybridized carbons (Fsp3) is 0.278. The van der Waals surface area contributed by atoms with Gasteiger partial charge in [-0.2, -0.15) is 5.26 Å². The van der Waals surface area contributed by atoms with Gasteiger partial charge in [0.15, 0.2) is 5.16 Å². The molecular formula is C18H17N3OS3. The normalized spacial score (nSPS) is 12.2. The van der Waals surface area contributed by atoms with Gasteiger partial charge in [0, 0.05) is 34.0 Å². The van der Waals surface area contributed by atoms with Crippen LogP contribution in [0, 0.1) is 11.3 Å². The zero-order valence-corrected chi connectivity index (χ0v) is 16.2. The second kappa shape index (κ2) is 8.00. The van der Waals surface area contributed by atoms with Crippen molar-refractivity contribution in [3.63, 3.8) is 0 Å². The number of allylic oxidation sites excluding steroid dienone is 1. The molecule has 0 aliphatic rings. The van der Waals surface area contributed by atoms with Gasteiger partial charge in [0.25, 0.3) is 5.56 Å². The standard InChI is InChI=1S/C18H17N3OS3/c1-3-9-21-17(22)15-13(14-7-5-10-23-14)11-24-16(15)20-18(21)25-12(2)6-4-8-19/h3,5,7,10-12H,1,4,6,9H2,2H3/t12-/m0/s1. The van der Waals surface area contributed by atoms with Crippen LogP contribution in [0.25, 0.3) is 20.7 Å². The SMILES string of the molecule is C=CCn1c(S[C@@H](C)CCC#N)nc2scc(-c3cccs3)c2c1=O. The number of nitriles is 1. The van der Waals surface area contributed by atoms with Crippen LogP contribution < -0.4 is 5.56 Å². The summed E-state index contributed by atoms with van der Waals surface area (Å²) in [5.74, 6) is 0. The third-order valence-corrected chi connectivity index (χ3v) is 6.66. The van der Waals surface area contributed by atoms with E-state index >= 15 is 0 Å². The lowest BCUT2D eigenvalue weighted by Gasteiger charge is -2.14. The molecular weight excluding hydrogens is 370 g/mol. The van der Waals surface area contributed by atoms with E-state index in [1.807, 2.05) is 22.9 Å². The first-order chi connectivity index (χ1) is 12.2. The first-order valence-electron chi connectivity index (χ1n) is 7.86. The number of rotatable bonds is 7. The molecule has 1 atom stereocenters. The average Bonchev–Trinajstić information content (AvgIpc) is 3.25. The molecule has 3 rings (SSSR count). The summed E-state index contributed by atoms with van der Waals surface area (Å²) >= 11 is 4.67. The maximum atomic E-state index is 13.1. The van der Waals surface area contributed by atoms with Crippen LogP contribution in [0.4, 0.5) is 0 Å². The van der Waals surface area contributed by atoms with Crippen LogP contribution >= 0.6 is 34.4 Å². The minimum Gasteiger partial charge on any atom is -0.283 e. The molecule has 0 fully saturated rings. The molecule has 0 amide bonds. The highest BCUT2D eigenvalue weighted by molar-refractivity contribution is 7.99. The topological polar surface area (TPSA) is 58.7 Å². The lowest BCUT2D eigenvalue weighted by molar-refractivity contribution is 0.669. The van der Waals surface area contributed by atoms with Crippen LogP contribution in [0.2, 0.25) is 0 Å². The monoisotopic (exact) mass is 387 g/mol. The van der Waals surface area contributed by atoms with Crippen molar-refractivity contribution in [1.82, 2.24) is 9.55 Å². The molecule has 25 heavy (non-hydrogen) atoms. The average molecular weight is 388 g/mol. The number of hydrogen-bond acceptors (Lipinski definition) is 6. The molecule has 0 aromatic carbocycles. The predicted octanol–water partition coefficient (Wildman–Crippen LogP) is 5.16. The van der Waals surface area contributed by atoms with Crippen molar-refractivity contribution in [1.29, 1.82) is 5.26 Å². The summed E-state index contributed by atoms with van der Waals surface area (Å²) in [4.78, 5) is 19.7. The summed E-state index contributed by atoms with van der Waals surface area (Å²) < 4.78 is 1.69. The molecule has 0 spiro atoms. The Morgan fingerprint density at radius 1 is 1.52 bits per heavy atom. The Kier molecular flexibility index (Phi) is 5.74. The highest BCUT2D eigenvalue weighted by atomic mass is 32.2. The first-order valence-corrected chi connectivity index (χ1v) is 10.5. The first kappa shape index (κ1) is 17.9. The third-order valence-electron chi connectivity index (χ3n) is 3.73. The molecule has 0 aliphatic carbocycles. The Hall–Kier alpha value is -1.88. The van der Waals surface area contributed by atoms with Crippen molar-refractivity contribution in [3.8, 4) is 16.5 Å². The van der Waals surface area contributed by atoms with Crippen molar-refractivity contribution in [2.75, 3.05) is 0 Å². The van der Waals surface area contributed by atoms with Gasteiger partial charge in [0.2, 0.25) is 0 Å². The maximum Gasteiger partial charge on any atom is 0.263 e. The van der Waals surface area contributed by atoms with Crippen LogP contribution in [0.15, 0.2) is 45.5 Å². The van der Waals surface area contributed by atoms with Crippen molar-refractivity contribution in [3.05, 3.63) is 45.9 Å². The summed E-state index contributed by atoms with van der Waals surface area (Å²) in [5.41, 5.74) is 0.934. The summed E-state index contributed by atoms with van der Waals surface area (Å²) in [6.45, 7) is 6.25. The van der Waals surface area contributed by atoms with Gasteiger partial charge in [-0.15, -0.1) is 29.3 Å². The number of aromatic nitrogens is 2. The van der Waals surface area contributed by atoms with E-state index in [0.29, 0.717) is 23.5 Å².